The first kappa shape index (κ1) is 43.9. The molecule has 1 aromatic carbocycles. The van der Waals surface area contributed by atoms with Gasteiger partial charge in [0.15, 0.2) is 0 Å². The van der Waals surface area contributed by atoms with Gasteiger partial charge in [-0.3, -0.25) is 14.4 Å². The minimum atomic E-state index is -2.45. The number of halogens is 3. The molecule has 0 saturated carbocycles. The fraction of sp³-hybridized carbons (Fsp3) is 0.465. The number of nitrogens with one attached hydrogen (secondary N) is 1. The highest BCUT2D eigenvalue weighted by atomic mass is 19.3. The van der Waals surface area contributed by atoms with E-state index in [2.05, 4.69) is 35.6 Å². The van der Waals surface area contributed by atoms with Crippen molar-refractivity contribution in [1.29, 1.82) is 0 Å². The molecule has 0 aliphatic carbocycles. The lowest BCUT2D eigenvalue weighted by atomic mass is 9.99. The molecule has 2 atom stereocenters. The molecule has 2 unspecified atom stereocenters. The van der Waals surface area contributed by atoms with Crippen LogP contribution in [0.15, 0.2) is 119 Å². The summed E-state index contributed by atoms with van der Waals surface area (Å²) in [7, 11) is 0. The van der Waals surface area contributed by atoms with Crippen molar-refractivity contribution in [3.05, 3.63) is 109 Å². The minimum absolute atomic E-state index is 0.241. The number of benzene rings is 1. The van der Waals surface area contributed by atoms with Gasteiger partial charge in [-0.15, -0.1) is 0 Å². The molecule has 2 aromatic rings. The van der Waals surface area contributed by atoms with Gasteiger partial charge >= 0.3 is 0 Å². The summed E-state index contributed by atoms with van der Waals surface area (Å²) in [5.41, 5.74) is 5.49. The van der Waals surface area contributed by atoms with Gasteiger partial charge in [-0.2, -0.15) is 0 Å². The number of anilines is 2. The van der Waals surface area contributed by atoms with E-state index in [9.17, 15) is 13.2 Å². The number of likely N-dealkylation sites (tertiary alicyclic amines) is 1. The summed E-state index contributed by atoms with van der Waals surface area (Å²) in [4.78, 5) is 19.1. The number of alkyl halides is 3. The number of hydrogen-bond donors (Lipinski definition) is 1. The third-order valence-electron chi connectivity index (χ3n) is 8.70. The molecule has 4 rings (SSSR count). The molecule has 0 amide bonds. The van der Waals surface area contributed by atoms with Crippen molar-refractivity contribution in [3.63, 3.8) is 0 Å². The Morgan fingerprint density at radius 3 is 2.40 bits per heavy atom. The standard InChI is InChI=1S/C39H50F2N6.C2H5F.C2H6/c1-6-10-16-33(8-3)46-24-21-30(22-25-46)43-28-32(44-31-15-13-23-42-27-31)26-36-37(9-4)47(38-18-12-11-17-35(38)45-36)34(14-7-2)20-19-29(5)39(40)41;1-2-3;1-2/h7,9,11-15,17-20,23,26-30,33,39,44H,2,6,8,10,16,21-22,24-25H2,1,3-5H3;2H2,1H3;1-2H3/b20-19-,32-26+,34-14+,37-9+,43-28?;;. The monoisotopic (exact) mass is 718 g/mol. The van der Waals surface area contributed by atoms with E-state index in [1.54, 1.807) is 24.5 Å². The van der Waals surface area contributed by atoms with E-state index in [-0.39, 0.29) is 12.7 Å². The van der Waals surface area contributed by atoms with Gasteiger partial charge in [0.05, 0.1) is 53.1 Å². The van der Waals surface area contributed by atoms with Crippen LogP contribution in [0.5, 0.6) is 0 Å². The molecule has 2 aliphatic rings. The number of pyridine rings is 1. The van der Waals surface area contributed by atoms with Gasteiger partial charge in [-0.25, -0.2) is 13.8 Å². The third-order valence-corrected chi connectivity index (χ3v) is 8.70. The number of aromatic nitrogens is 1. The second kappa shape index (κ2) is 24.9. The topological polar surface area (TPSA) is 56.1 Å². The van der Waals surface area contributed by atoms with Crippen molar-refractivity contribution in [2.24, 2.45) is 15.9 Å². The van der Waals surface area contributed by atoms with Crippen LogP contribution in [-0.2, 0) is 0 Å². The summed E-state index contributed by atoms with van der Waals surface area (Å²) in [5.74, 6) is -0.895. The quantitative estimate of drug-likeness (QED) is 0.147. The van der Waals surface area contributed by atoms with Crippen LogP contribution >= 0.6 is 0 Å². The zero-order valence-corrected chi connectivity index (χ0v) is 32.4. The summed E-state index contributed by atoms with van der Waals surface area (Å²) in [6.07, 6.45) is 20.8. The van der Waals surface area contributed by atoms with Gasteiger partial charge in [0.2, 0.25) is 6.43 Å². The molecular formula is C43H61F3N6. The number of allylic oxidation sites excluding steroid dienone is 7. The van der Waals surface area contributed by atoms with Crippen molar-refractivity contribution in [3.8, 4) is 0 Å². The lowest BCUT2D eigenvalue weighted by Crippen LogP contribution is -2.42. The van der Waals surface area contributed by atoms with Crippen molar-refractivity contribution in [2.45, 2.75) is 106 Å². The molecule has 0 radical (unpaired) electrons. The molecule has 1 fully saturated rings. The van der Waals surface area contributed by atoms with Gasteiger partial charge in [0.1, 0.15) is 0 Å². The van der Waals surface area contributed by atoms with Crippen LogP contribution in [0.2, 0.25) is 0 Å². The number of nitrogens with zero attached hydrogens (tertiary/aromatic N) is 5. The van der Waals surface area contributed by atoms with Crippen molar-refractivity contribution >= 4 is 29.0 Å². The zero-order valence-electron chi connectivity index (χ0n) is 32.4. The average molecular weight is 719 g/mol. The molecule has 0 bridgehead atoms. The molecule has 284 valence electrons. The van der Waals surface area contributed by atoms with E-state index in [1.807, 2.05) is 86.5 Å². The summed E-state index contributed by atoms with van der Waals surface area (Å²) < 4.78 is 37.1. The normalized spacial score (nSPS) is 17.6. The Bertz CT molecular complexity index is 1500. The fourth-order valence-electron chi connectivity index (χ4n) is 6.03. The predicted molar refractivity (Wildman–Crippen MR) is 218 cm³/mol. The fourth-order valence-corrected chi connectivity index (χ4v) is 6.03. The van der Waals surface area contributed by atoms with Crippen LogP contribution in [0.25, 0.3) is 0 Å². The SMILES string of the molecule is C=C/C=C(\C=C/C(C)C(F)F)N1/C(=C/C)C(/C=C(\C=NC2CCN(C(CC)CCCC)CC2)Nc2cccnc2)=Nc2ccccc21.CC.CCF. The smallest absolute Gasteiger partial charge is 0.244 e. The van der Waals surface area contributed by atoms with E-state index >= 15 is 0 Å². The van der Waals surface area contributed by atoms with Crippen LogP contribution in [0.3, 0.4) is 0 Å². The van der Waals surface area contributed by atoms with E-state index < -0.39 is 12.3 Å². The summed E-state index contributed by atoms with van der Waals surface area (Å²) in [6, 6.07) is 12.6. The van der Waals surface area contributed by atoms with Crippen LogP contribution in [0.1, 0.15) is 87.0 Å². The Balaban J connectivity index is 0.00000178. The molecular weight excluding hydrogens is 658 g/mol. The number of unbranched alkanes of at least 4 members (excludes halogenated alkanes) is 1. The van der Waals surface area contributed by atoms with E-state index in [4.69, 9.17) is 9.98 Å². The minimum Gasteiger partial charge on any atom is -0.353 e. The molecule has 1 aromatic heterocycles. The molecule has 52 heavy (non-hydrogen) atoms. The van der Waals surface area contributed by atoms with Crippen molar-refractivity contribution in [2.75, 3.05) is 30.0 Å². The number of hydrogen-bond acceptors (Lipinski definition) is 6. The first-order chi connectivity index (χ1) is 25.3. The number of aliphatic imine (C=N–C) groups is 2. The first-order valence-electron chi connectivity index (χ1n) is 18.9. The van der Waals surface area contributed by atoms with Gasteiger partial charge in [0.25, 0.3) is 0 Å². The maximum atomic E-state index is 13.4. The second-order valence-corrected chi connectivity index (χ2v) is 12.4. The molecule has 1 saturated heterocycles. The summed E-state index contributed by atoms with van der Waals surface area (Å²) >= 11 is 0. The first-order valence-corrected chi connectivity index (χ1v) is 18.9. The second-order valence-electron chi connectivity index (χ2n) is 12.4. The van der Waals surface area contributed by atoms with E-state index in [0.717, 1.165) is 54.4 Å². The number of para-hydroxylation sites is 2. The van der Waals surface area contributed by atoms with E-state index in [1.165, 1.54) is 45.6 Å². The van der Waals surface area contributed by atoms with E-state index in [0.29, 0.717) is 17.5 Å². The van der Waals surface area contributed by atoms with Gasteiger partial charge in [0, 0.05) is 43.2 Å². The van der Waals surface area contributed by atoms with Gasteiger partial charge in [-0.05, 0) is 82.0 Å². The molecule has 6 nitrogen and oxygen atoms in total. The predicted octanol–water partition coefficient (Wildman–Crippen LogP) is 11.9. The Labute approximate surface area is 311 Å². The van der Waals surface area contributed by atoms with Crippen LogP contribution < -0.4 is 10.2 Å². The van der Waals surface area contributed by atoms with Crippen LogP contribution in [0, 0.1) is 5.92 Å². The van der Waals surface area contributed by atoms with Gasteiger partial charge < -0.3 is 15.1 Å². The highest BCUT2D eigenvalue weighted by Gasteiger charge is 2.27. The molecule has 3 heterocycles. The van der Waals surface area contributed by atoms with Gasteiger partial charge in [-0.1, -0.05) is 84.4 Å². The average Bonchev–Trinajstić information content (AvgIpc) is 3.17. The zero-order chi connectivity index (χ0) is 38.3. The maximum absolute atomic E-state index is 13.4. The van der Waals surface area contributed by atoms with Crippen molar-refractivity contribution in [1.82, 2.24) is 9.88 Å². The highest BCUT2D eigenvalue weighted by molar-refractivity contribution is 6.17. The lowest BCUT2D eigenvalue weighted by Gasteiger charge is -2.36. The summed E-state index contributed by atoms with van der Waals surface area (Å²) in [6.45, 7) is 19.3. The van der Waals surface area contributed by atoms with Crippen LogP contribution in [0.4, 0.5) is 30.2 Å². The Morgan fingerprint density at radius 2 is 1.81 bits per heavy atom. The van der Waals surface area contributed by atoms with Crippen molar-refractivity contribution < 1.29 is 13.2 Å². The highest BCUT2D eigenvalue weighted by Crippen LogP contribution is 2.39. The Morgan fingerprint density at radius 1 is 1.10 bits per heavy atom. The maximum Gasteiger partial charge on any atom is 0.244 e. The molecule has 2 aliphatic heterocycles. The third kappa shape index (κ3) is 13.7. The lowest BCUT2D eigenvalue weighted by molar-refractivity contribution is 0.108. The molecule has 0 spiro atoms. The Hall–Kier alpha value is -4.24. The van der Waals surface area contributed by atoms with Crippen LogP contribution in [-0.4, -0.2) is 60.1 Å². The largest absolute Gasteiger partial charge is 0.353 e. The molecule has 9 heteroatoms. The summed E-state index contributed by atoms with van der Waals surface area (Å²) in [5, 5.41) is 3.50. The number of fused-ring (bicyclic) bond motifs is 1. The number of rotatable bonds is 15. The molecule has 1 N–H and O–H groups in total. The Kier molecular flexibility index (Phi) is 21.0. The number of piperidine rings is 1.